The smallest absolute Gasteiger partial charge is 0.236 e. The van der Waals surface area contributed by atoms with Crippen LogP contribution in [-0.4, -0.2) is 54.6 Å². The van der Waals surface area contributed by atoms with E-state index in [-0.39, 0.29) is 12.0 Å². The van der Waals surface area contributed by atoms with Gasteiger partial charge in [0.05, 0.1) is 19.3 Å². The number of ether oxygens (including phenoxy) is 1. The Labute approximate surface area is 127 Å². The molecule has 1 amide bonds. The van der Waals surface area contributed by atoms with Crippen molar-refractivity contribution in [1.82, 2.24) is 9.80 Å². The van der Waals surface area contributed by atoms with Gasteiger partial charge >= 0.3 is 0 Å². The Morgan fingerprint density at radius 3 is 2.81 bits per heavy atom. The van der Waals surface area contributed by atoms with Crippen molar-refractivity contribution in [2.75, 3.05) is 26.7 Å². The predicted octanol–water partition coefficient (Wildman–Crippen LogP) is 2.06. The molecule has 0 radical (unpaired) electrons. The van der Waals surface area contributed by atoms with Crippen molar-refractivity contribution >= 4 is 5.91 Å². The third kappa shape index (κ3) is 4.29. The number of carbonyl (C=O) groups is 1. The summed E-state index contributed by atoms with van der Waals surface area (Å²) in [5, 5.41) is 0. The SMILES string of the molecule is Cc1ccccc1CN(C)C(=O)CN1CC(C)OCC1C. The summed E-state index contributed by atoms with van der Waals surface area (Å²) in [5.74, 6) is 0.166. The molecule has 1 aromatic rings. The van der Waals surface area contributed by atoms with E-state index in [2.05, 4.69) is 37.8 Å². The van der Waals surface area contributed by atoms with E-state index in [0.717, 1.165) is 6.54 Å². The molecule has 4 heteroatoms. The van der Waals surface area contributed by atoms with Gasteiger partial charge in [-0.1, -0.05) is 24.3 Å². The van der Waals surface area contributed by atoms with E-state index in [0.29, 0.717) is 25.7 Å². The zero-order chi connectivity index (χ0) is 15.4. The fraction of sp³-hybridized carbons (Fsp3) is 0.588. The first-order valence-electron chi connectivity index (χ1n) is 7.61. The lowest BCUT2D eigenvalue weighted by Crippen LogP contribution is -2.51. The molecule has 116 valence electrons. The van der Waals surface area contributed by atoms with Crippen molar-refractivity contribution in [1.29, 1.82) is 0 Å². The van der Waals surface area contributed by atoms with Crippen LogP contribution in [0.5, 0.6) is 0 Å². The van der Waals surface area contributed by atoms with Gasteiger partial charge in [-0.05, 0) is 31.9 Å². The highest BCUT2D eigenvalue weighted by Crippen LogP contribution is 2.13. The van der Waals surface area contributed by atoms with Gasteiger partial charge in [-0.25, -0.2) is 0 Å². The van der Waals surface area contributed by atoms with Gasteiger partial charge in [-0.3, -0.25) is 9.69 Å². The Hall–Kier alpha value is -1.39. The predicted molar refractivity (Wildman–Crippen MR) is 84.1 cm³/mol. The number of morpholine rings is 1. The van der Waals surface area contributed by atoms with E-state index in [1.165, 1.54) is 11.1 Å². The first-order chi connectivity index (χ1) is 9.97. The summed E-state index contributed by atoms with van der Waals surface area (Å²) in [6.07, 6.45) is 0.204. The van der Waals surface area contributed by atoms with E-state index in [1.54, 1.807) is 0 Å². The van der Waals surface area contributed by atoms with Gasteiger partial charge in [0.25, 0.3) is 0 Å². The Morgan fingerprint density at radius 1 is 1.38 bits per heavy atom. The first kappa shape index (κ1) is 16.0. The highest BCUT2D eigenvalue weighted by molar-refractivity contribution is 5.78. The molecule has 21 heavy (non-hydrogen) atoms. The summed E-state index contributed by atoms with van der Waals surface area (Å²) in [4.78, 5) is 16.5. The zero-order valence-electron chi connectivity index (χ0n) is 13.5. The second-order valence-corrected chi connectivity index (χ2v) is 6.10. The summed E-state index contributed by atoms with van der Waals surface area (Å²) in [6.45, 7) is 8.92. The van der Waals surface area contributed by atoms with Crippen LogP contribution in [0.3, 0.4) is 0 Å². The molecule has 4 nitrogen and oxygen atoms in total. The summed E-state index contributed by atoms with van der Waals surface area (Å²) in [6, 6.07) is 8.51. The van der Waals surface area contributed by atoms with E-state index in [1.807, 2.05) is 24.1 Å². The van der Waals surface area contributed by atoms with Crippen LogP contribution < -0.4 is 0 Å². The van der Waals surface area contributed by atoms with Gasteiger partial charge in [-0.15, -0.1) is 0 Å². The minimum Gasteiger partial charge on any atom is -0.376 e. The molecule has 1 fully saturated rings. The number of aryl methyl sites for hydroxylation is 1. The molecule has 1 aliphatic heterocycles. The molecule has 1 saturated heterocycles. The number of hydrogen-bond acceptors (Lipinski definition) is 3. The number of benzene rings is 1. The molecule has 1 aliphatic rings. The molecule has 0 spiro atoms. The lowest BCUT2D eigenvalue weighted by atomic mass is 10.1. The van der Waals surface area contributed by atoms with Crippen LogP contribution in [0, 0.1) is 6.92 Å². The molecule has 1 aromatic carbocycles. The van der Waals surface area contributed by atoms with Crippen molar-refractivity contribution < 1.29 is 9.53 Å². The maximum Gasteiger partial charge on any atom is 0.236 e. The molecule has 0 aromatic heterocycles. The number of amides is 1. The number of rotatable bonds is 4. The fourth-order valence-electron chi connectivity index (χ4n) is 2.62. The number of likely N-dealkylation sites (N-methyl/N-ethyl adjacent to an activating group) is 1. The van der Waals surface area contributed by atoms with Crippen LogP contribution in [0.1, 0.15) is 25.0 Å². The molecule has 2 rings (SSSR count). The second kappa shape index (κ2) is 7.05. The van der Waals surface area contributed by atoms with Crippen LogP contribution in [0.2, 0.25) is 0 Å². The van der Waals surface area contributed by atoms with Crippen LogP contribution >= 0.6 is 0 Å². The number of carbonyl (C=O) groups excluding carboxylic acids is 1. The average molecular weight is 290 g/mol. The van der Waals surface area contributed by atoms with Gasteiger partial charge in [0, 0.05) is 26.2 Å². The monoisotopic (exact) mass is 290 g/mol. The molecule has 0 saturated carbocycles. The maximum atomic E-state index is 12.4. The van der Waals surface area contributed by atoms with Crippen molar-refractivity contribution in [3.05, 3.63) is 35.4 Å². The Morgan fingerprint density at radius 2 is 2.10 bits per heavy atom. The molecule has 0 bridgehead atoms. The van der Waals surface area contributed by atoms with Gasteiger partial charge in [-0.2, -0.15) is 0 Å². The topological polar surface area (TPSA) is 32.8 Å². The van der Waals surface area contributed by atoms with Crippen LogP contribution in [-0.2, 0) is 16.1 Å². The van der Waals surface area contributed by atoms with E-state index in [4.69, 9.17) is 4.74 Å². The van der Waals surface area contributed by atoms with Gasteiger partial charge in [0.15, 0.2) is 0 Å². The van der Waals surface area contributed by atoms with E-state index < -0.39 is 0 Å². The number of nitrogens with zero attached hydrogens (tertiary/aromatic N) is 2. The Balaban J connectivity index is 1.92. The highest BCUT2D eigenvalue weighted by atomic mass is 16.5. The third-order valence-electron chi connectivity index (χ3n) is 4.17. The van der Waals surface area contributed by atoms with Gasteiger partial charge < -0.3 is 9.64 Å². The van der Waals surface area contributed by atoms with Crippen molar-refractivity contribution in [2.45, 2.75) is 39.5 Å². The van der Waals surface area contributed by atoms with Crippen LogP contribution in [0.4, 0.5) is 0 Å². The molecular formula is C17H26N2O2. The molecule has 1 heterocycles. The van der Waals surface area contributed by atoms with Crippen molar-refractivity contribution in [2.24, 2.45) is 0 Å². The molecular weight excluding hydrogens is 264 g/mol. The molecule has 0 N–H and O–H groups in total. The molecule has 2 unspecified atom stereocenters. The second-order valence-electron chi connectivity index (χ2n) is 6.10. The number of hydrogen-bond donors (Lipinski definition) is 0. The van der Waals surface area contributed by atoms with Crippen LogP contribution in [0.15, 0.2) is 24.3 Å². The normalized spacial score (nSPS) is 23.0. The molecule has 2 atom stereocenters. The minimum absolute atomic E-state index is 0.166. The largest absolute Gasteiger partial charge is 0.376 e. The lowest BCUT2D eigenvalue weighted by Gasteiger charge is -2.37. The van der Waals surface area contributed by atoms with Gasteiger partial charge in [0.1, 0.15) is 0 Å². The summed E-state index contributed by atoms with van der Waals surface area (Å²) < 4.78 is 5.61. The molecule has 0 aliphatic carbocycles. The van der Waals surface area contributed by atoms with Crippen molar-refractivity contribution in [3.63, 3.8) is 0 Å². The highest BCUT2D eigenvalue weighted by Gasteiger charge is 2.26. The maximum absolute atomic E-state index is 12.4. The summed E-state index contributed by atoms with van der Waals surface area (Å²) in [7, 11) is 1.88. The van der Waals surface area contributed by atoms with Crippen LogP contribution in [0.25, 0.3) is 0 Å². The standard InChI is InChI=1S/C17H26N2O2/c1-13-7-5-6-8-16(13)10-18(4)17(20)11-19-9-15(3)21-12-14(19)2/h5-8,14-15H,9-12H2,1-4H3. The minimum atomic E-state index is 0.166. The lowest BCUT2D eigenvalue weighted by molar-refractivity contribution is -0.135. The van der Waals surface area contributed by atoms with E-state index >= 15 is 0 Å². The summed E-state index contributed by atoms with van der Waals surface area (Å²) in [5.41, 5.74) is 2.43. The average Bonchev–Trinajstić information content (AvgIpc) is 2.45. The fourth-order valence-corrected chi connectivity index (χ4v) is 2.62. The zero-order valence-corrected chi connectivity index (χ0v) is 13.5. The first-order valence-corrected chi connectivity index (χ1v) is 7.61. The quantitative estimate of drug-likeness (QED) is 0.851. The van der Waals surface area contributed by atoms with Gasteiger partial charge in [0.2, 0.25) is 5.91 Å². The Bertz CT molecular complexity index is 489. The van der Waals surface area contributed by atoms with E-state index in [9.17, 15) is 4.79 Å². The Kier molecular flexibility index (Phi) is 5.37. The van der Waals surface area contributed by atoms with Crippen molar-refractivity contribution in [3.8, 4) is 0 Å². The third-order valence-corrected chi connectivity index (χ3v) is 4.17. The summed E-state index contributed by atoms with van der Waals surface area (Å²) >= 11 is 0.